The lowest BCUT2D eigenvalue weighted by atomic mass is 10.3. The zero-order valence-corrected chi connectivity index (χ0v) is 15.3. The maximum absolute atomic E-state index is 11.9. The summed E-state index contributed by atoms with van der Waals surface area (Å²) in [4.78, 5) is 24.8. The highest BCUT2D eigenvalue weighted by Gasteiger charge is 2.06. The highest BCUT2D eigenvalue weighted by atomic mass is 35.5. The molecule has 8 heteroatoms. The van der Waals surface area contributed by atoms with E-state index in [4.69, 9.17) is 16.3 Å². The number of benzene rings is 1. The van der Waals surface area contributed by atoms with E-state index in [-0.39, 0.29) is 31.2 Å². The maximum Gasteiger partial charge on any atom is 0.266 e. The fourth-order valence-corrected chi connectivity index (χ4v) is 3.09. The van der Waals surface area contributed by atoms with Crippen LogP contribution < -0.4 is 15.6 Å². The van der Waals surface area contributed by atoms with E-state index in [1.807, 2.05) is 17.5 Å². The van der Waals surface area contributed by atoms with E-state index in [2.05, 4.69) is 10.4 Å². The maximum atomic E-state index is 11.9. The van der Waals surface area contributed by atoms with Crippen molar-refractivity contribution in [3.63, 3.8) is 0 Å². The Morgan fingerprint density at radius 2 is 2.12 bits per heavy atom. The second-order valence-corrected chi connectivity index (χ2v) is 6.74. The summed E-state index contributed by atoms with van der Waals surface area (Å²) >= 11 is 7.41. The lowest BCUT2D eigenvalue weighted by Gasteiger charge is -2.09. The third kappa shape index (κ3) is 4.93. The standard InChI is InChI=1S/C18H16ClN3O3S/c19-13-3-1-4-14(11-13)25-12-17(23)20-8-9-22-18(24)7-6-15(21-22)16-5-2-10-26-16/h1-7,10-11H,8-9,12H2,(H,20,23). The Morgan fingerprint density at radius 3 is 2.88 bits per heavy atom. The molecule has 1 aromatic carbocycles. The minimum Gasteiger partial charge on any atom is -0.484 e. The number of thiophene rings is 1. The van der Waals surface area contributed by atoms with Gasteiger partial charge in [-0.2, -0.15) is 5.10 Å². The van der Waals surface area contributed by atoms with Gasteiger partial charge in [0.05, 0.1) is 11.4 Å². The molecule has 0 aliphatic heterocycles. The molecule has 3 rings (SSSR count). The van der Waals surface area contributed by atoms with E-state index in [0.29, 0.717) is 10.8 Å². The second kappa shape index (κ2) is 8.64. The molecule has 0 saturated carbocycles. The molecule has 134 valence electrons. The molecule has 0 fully saturated rings. The number of nitrogens with zero attached hydrogens (tertiary/aromatic N) is 2. The number of nitrogens with one attached hydrogen (secondary N) is 1. The minimum absolute atomic E-state index is 0.127. The molecular weight excluding hydrogens is 374 g/mol. The summed E-state index contributed by atoms with van der Waals surface area (Å²) in [6.07, 6.45) is 0. The Kier molecular flexibility index (Phi) is 6.04. The van der Waals surface area contributed by atoms with E-state index in [1.165, 1.54) is 10.7 Å². The molecule has 26 heavy (non-hydrogen) atoms. The zero-order valence-electron chi connectivity index (χ0n) is 13.7. The Bertz CT molecular complexity index is 941. The quantitative estimate of drug-likeness (QED) is 0.674. The van der Waals surface area contributed by atoms with Crippen LogP contribution in [-0.2, 0) is 11.3 Å². The van der Waals surface area contributed by atoms with Crippen molar-refractivity contribution in [1.82, 2.24) is 15.1 Å². The van der Waals surface area contributed by atoms with Gasteiger partial charge in [0.25, 0.3) is 11.5 Å². The van der Waals surface area contributed by atoms with Gasteiger partial charge in [0.15, 0.2) is 6.61 Å². The third-order valence-electron chi connectivity index (χ3n) is 3.45. The number of amides is 1. The van der Waals surface area contributed by atoms with Crippen LogP contribution in [0.5, 0.6) is 5.75 Å². The van der Waals surface area contributed by atoms with Crippen LogP contribution in [0.3, 0.4) is 0 Å². The summed E-state index contributed by atoms with van der Waals surface area (Å²) < 4.78 is 6.70. The summed E-state index contributed by atoms with van der Waals surface area (Å²) in [5.74, 6) is 0.238. The van der Waals surface area contributed by atoms with Crippen LogP contribution in [0, 0.1) is 0 Å². The molecule has 2 heterocycles. The van der Waals surface area contributed by atoms with Crippen molar-refractivity contribution >= 4 is 28.8 Å². The Balaban J connectivity index is 1.50. The van der Waals surface area contributed by atoms with Gasteiger partial charge in [-0.05, 0) is 35.7 Å². The van der Waals surface area contributed by atoms with Gasteiger partial charge in [0.2, 0.25) is 0 Å². The van der Waals surface area contributed by atoms with Gasteiger partial charge in [0, 0.05) is 17.6 Å². The summed E-state index contributed by atoms with van der Waals surface area (Å²) in [7, 11) is 0. The van der Waals surface area contributed by atoms with Gasteiger partial charge in [-0.1, -0.05) is 23.7 Å². The van der Waals surface area contributed by atoms with Crippen molar-refractivity contribution in [2.75, 3.05) is 13.2 Å². The van der Waals surface area contributed by atoms with E-state index in [1.54, 1.807) is 41.7 Å². The first-order chi connectivity index (χ1) is 12.6. The molecule has 0 aliphatic carbocycles. The van der Waals surface area contributed by atoms with Crippen molar-refractivity contribution < 1.29 is 9.53 Å². The van der Waals surface area contributed by atoms with Gasteiger partial charge in [-0.15, -0.1) is 11.3 Å². The van der Waals surface area contributed by atoms with Gasteiger partial charge >= 0.3 is 0 Å². The van der Waals surface area contributed by atoms with Crippen LogP contribution in [-0.4, -0.2) is 28.8 Å². The fourth-order valence-electron chi connectivity index (χ4n) is 2.22. The predicted octanol–water partition coefficient (Wildman–Crippen LogP) is 2.82. The summed E-state index contributed by atoms with van der Waals surface area (Å²) in [5.41, 5.74) is 0.518. The van der Waals surface area contributed by atoms with Crippen molar-refractivity contribution in [1.29, 1.82) is 0 Å². The lowest BCUT2D eigenvalue weighted by molar-refractivity contribution is -0.123. The number of aromatic nitrogens is 2. The van der Waals surface area contributed by atoms with E-state index >= 15 is 0 Å². The molecule has 0 unspecified atom stereocenters. The zero-order chi connectivity index (χ0) is 18.4. The predicted molar refractivity (Wildman–Crippen MR) is 102 cm³/mol. The van der Waals surface area contributed by atoms with Crippen molar-refractivity contribution in [3.8, 4) is 16.3 Å². The number of ether oxygens (including phenoxy) is 1. The van der Waals surface area contributed by atoms with E-state index in [0.717, 1.165) is 10.6 Å². The van der Waals surface area contributed by atoms with Crippen molar-refractivity contribution in [2.24, 2.45) is 0 Å². The average molecular weight is 390 g/mol. The van der Waals surface area contributed by atoms with Gasteiger partial charge in [-0.25, -0.2) is 4.68 Å². The molecule has 0 radical (unpaired) electrons. The van der Waals surface area contributed by atoms with E-state index < -0.39 is 0 Å². The van der Waals surface area contributed by atoms with Crippen molar-refractivity contribution in [3.05, 3.63) is 69.3 Å². The van der Waals surface area contributed by atoms with Gasteiger partial charge < -0.3 is 10.1 Å². The van der Waals surface area contributed by atoms with Crippen LogP contribution in [0.2, 0.25) is 5.02 Å². The first kappa shape index (κ1) is 18.2. The number of carbonyl (C=O) groups excluding carboxylic acids is 1. The van der Waals surface area contributed by atoms with Crippen LogP contribution in [0.15, 0.2) is 58.7 Å². The summed E-state index contributed by atoms with van der Waals surface area (Å²) in [6.45, 7) is 0.428. The average Bonchev–Trinajstić information content (AvgIpc) is 3.16. The summed E-state index contributed by atoms with van der Waals surface area (Å²) in [5, 5.41) is 9.53. The second-order valence-electron chi connectivity index (χ2n) is 5.35. The monoisotopic (exact) mass is 389 g/mol. The first-order valence-corrected chi connectivity index (χ1v) is 9.15. The number of halogens is 1. The van der Waals surface area contributed by atoms with Crippen molar-refractivity contribution in [2.45, 2.75) is 6.54 Å². The smallest absolute Gasteiger partial charge is 0.266 e. The Morgan fingerprint density at radius 1 is 1.23 bits per heavy atom. The van der Waals surface area contributed by atoms with Crippen LogP contribution in [0.4, 0.5) is 0 Å². The first-order valence-electron chi connectivity index (χ1n) is 7.89. The van der Waals surface area contributed by atoms with E-state index in [9.17, 15) is 9.59 Å². The molecular formula is C18H16ClN3O3S. The normalized spacial score (nSPS) is 10.5. The molecule has 1 N–H and O–H groups in total. The number of hydrogen-bond donors (Lipinski definition) is 1. The van der Waals surface area contributed by atoms with Crippen LogP contribution in [0.25, 0.3) is 10.6 Å². The molecule has 0 bridgehead atoms. The molecule has 3 aromatic rings. The Hall–Kier alpha value is -2.64. The number of carbonyl (C=O) groups is 1. The minimum atomic E-state index is -0.285. The SMILES string of the molecule is O=C(COc1cccc(Cl)c1)NCCn1nc(-c2cccs2)ccc1=O. The molecule has 2 aromatic heterocycles. The molecule has 1 amide bonds. The van der Waals surface area contributed by atoms with Crippen LogP contribution in [0.1, 0.15) is 0 Å². The highest BCUT2D eigenvalue weighted by Crippen LogP contribution is 2.21. The largest absolute Gasteiger partial charge is 0.484 e. The summed E-state index contributed by atoms with van der Waals surface area (Å²) in [6, 6.07) is 13.9. The lowest BCUT2D eigenvalue weighted by Crippen LogP contribution is -2.34. The topological polar surface area (TPSA) is 73.2 Å². The van der Waals surface area contributed by atoms with Gasteiger partial charge in [-0.3, -0.25) is 9.59 Å². The third-order valence-corrected chi connectivity index (χ3v) is 4.58. The molecule has 6 nitrogen and oxygen atoms in total. The van der Waals surface area contributed by atoms with Gasteiger partial charge in [0.1, 0.15) is 11.4 Å². The highest BCUT2D eigenvalue weighted by molar-refractivity contribution is 7.13. The number of rotatable bonds is 7. The molecule has 0 atom stereocenters. The molecule has 0 spiro atoms. The van der Waals surface area contributed by atoms with Crippen LogP contribution >= 0.6 is 22.9 Å². The fraction of sp³-hybridized carbons (Fsp3) is 0.167. The molecule has 0 aliphatic rings. The Labute approximate surface area is 159 Å². The molecule has 0 saturated heterocycles. The number of hydrogen-bond acceptors (Lipinski definition) is 5.